The summed E-state index contributed by atoms with van der Waals surface area (Å²) in [4.78, 5) is 0. The Morgan fingerprint density at radius 2 is 1.88 bits per heavy atom. The van der Waals surface area contributed by atoms with Crippen LogP contribution in [0.2, 0.25) is 0 Å². The first-order valence-corrected chi connectivity index (χ1v) is 4.76. The van der Waals surface area contributed by atoms with Crippen LogP contribution in [0.1, 0.15) is 13.8 Å². The zero-order valence-electron chi connectivity index (χ0n) is 5.42. The van der Waals surface area contributed by atoms with Crippen molar-refractivity contribution in [2.24, 2.45) is 0 Å². The first-order valence-electron chi connectivity index (χ1n) is 2.53. The fraction of sp³-hybridized carbons (Fsp3) is 1.00. The van der Waals surface area contributed by atoms with Crippen molar-refractivity contribution in [3.63, 3.8) is 0 Å². The molecule has 0 aliphatic carbocycles. The average Bonchev–Trinajstić information content (AvgIpc) is 1.65. The molecule has 0 fully saturated rings. The third-order valence-corrected chi connectivity index (χ3v) is 3.07. The van der Waals surface area contributed by atoms with Crippen molar-refractivity contribution in [2.75, 3.05) is 6.26 Å². The lowest BCUT2D eigenvalue weighted by Gasteiger charge is -2.08. The number of hydrogen-bond acceptors (Lipinski definition) is 3. The van der Waals surface area contributed by atoms with E-state index in [0.29, 0.717) is 4.58 Å². The van der Waals surface area contributed by atoms with E-state index in [1.807, 2.05) is 6.26 Å². The van der Waals surface area contributed by atoms with Crippen molar-refractivity contribution in [3.05, 3.63) is 0 Å². The molecule has 0 saturated carbocycles. The predicted octanol–water partition coefficient (Wildman–Crippen LogP) is 1.77. The van der Waals surface area contributed by atoms with Gasteiger partial charge in [-0.2, -0.15) is 11.8 Å². The average molecular weight is 152 g/mol. The molecule has 1 N–H and O–H groups in total. The van der Waals surface area contributed by atoms with Crippen LogP contribution in [0.15, 0.2) is 0 Å². The maximum Gasteiger partial charge on any atom is 0.0975 e. The van der Waals surface area contributed by atoms with Crippen LogP contribution in [-0.4, -0.2) is 21.4 Å². The van der Waals surface area contributed by atoms with E-state index in [0.717, 1.165) is 0 Å². The van der Waals surface area contributed by atoms with E-state index >= 15 is 0 Å². The molecule has 1 nitrogen and oxygen atoms in total. The molecule has 50 valence electrons. The van der Waals surface area contributed by atoms with Gasteiger partial charge in [0.2, 0.25) is 0 Å². The molecule has 8 heavy (non-hydrogen) atoms. The van der Waals surface area contributed by atoms with Crippen LogP contribution in [0.4, 0.5) is 0 Å². The van der Waals surface area contributed by atoms with Crippen molar-refractivity contribution < 1.29 is 5.11 Å². The van der Waals surface area contributed by atoms with Crippen LogP contribution in [0.3, 0.4) is 0 Å². The molecule has 0 heterocycles. The highest BCUT2D eigenvalue weighted by molar-refractivity contribution is 8.16. The van der Waals surface area contributed by atoms with E-state index in [9.17, 15) is 0 Å². The lowest BCUT2D eigenvalue weighted by Crippen LogP contribution is -1.98. The van der Waals surface area contributed by atoms with Gasteiger partial charge < -0.3 is 5.11 Å². The second-order valence-electron chi connectivity index (χ2n) is 1.54. The van der Waals surface area contributed by atoms with Gasteiger partial charge in [0.25, 0.3) is 0 Å². The molecule has 0 amide bonds. The SMILES string of the molecule is CSC(C)SC(C)O. The highest BCUT2D eigenvalue weighted by Gasteiger charge is 2.02. The van der Waals surface area contributed by atoms with Crippen LogP contribution in [0, 0.1) is 0 Å². The summed E-state index contributed by atoms with van der Waals surface area (Å²) >= 11 is 3.33. The first-order chi connectivity index (χ1) is 3.66. The quantitative estimate of drug-likeness (QED) is 0.622. The molecule has 0 aromatic carbocycles. The number of hydrogen-bond donors (Lipinski definition) is 1. The predicted molar refractivity (Wildman–Crippen MR) is 42.2 cm³/mol. The smallest absolute Gasteiger partial charge is 0.0975 e. The van der Waals surface area contributed by atoms with E-state index in [-0.39, 0.29) is 5.44 Å². The highest BCUT2D eigenvalue weighted by Crippen LogP contribution is 2.22. The van der Waals surface area contributed by atoms with Gasteiger partial charge in [0.15, 0.2) is 0 Å². The van der Waals surface area contributed by atoms with Gasteiger partial charge in [0.05, 0.1) is 5.44 Å². The first kappa shape index (κ1) is 8.66. The van der Waals surface area contributed by atoms with Crippen molar-refractivity contribution in [1.29, 1.82) is 0 Å². The molecular formula is C5H12OS2. The Labute approximate surface area is 59.2 Å². The molecule has 3 heteroatoms. The molecule has 0 radical (unpaired) electrons. The molecule has 0 aliphatic heterocycles. The standard InChI is InChI=1S/C5H12OS2/c1-4(6)8-5(2)7-3/h4-6H,1-3H3. The molecule has 2 unspecified atom stereocenters. The van der Waals surface area contributed by atoms with E-state index in [1.54, 1.807) is 30.4 Å². The number of rotatable bonds is 3. The lowest BCUT2D eigenvalue weighted by molar-refractivity contribution is 0.284. The second-order valence-corrected chi connectivity index (χ2v) is 4.68. The number of aliphatic hydroxyl groups is 1. The summed E-state index contributed by atoms with van der Waals surface area (Å²) in [6.45, 7) is 3.87. The Bertz CT molecular complexity index is 56.4. The fourth-order valence-corrected chi connectivity index (χ4v) is 1.81. The molecule has 0 aromatic rings. The number of thioether (sulfide) groups is 2. The third-order valence-electron chi connectivity index (χ3n) is 0.721. The van der Waals surface area contributed by atoms with Crippen LogP contribution in [-0.2, 0) is 0 Å². The Morgan fingerprint density at radius 1 is 1.38 bits per heavy atom. The molecule has 0 saturated heterocycles. The van der Waals surface area contributed by atoms with Gasteiger partial charge >= 0.3 is 0 Å². The maximum absolute atomic E-state index is 8.80. The molecule has 0 spiro atoms. The van der Waals surface area contributed by atoms with Gasteiger partial charge in [-0.1, -0.05) is 0 Å². The van der Waals surface area contributed by atoms with Gasteiger partial charge in [0.1, 0.15) is 0 Å². The minimum absolute atomic E-state index is 0.225. The summed E-state index contributed by atoms with van der Waals surface area (Å²) in [5, 5.41) is 8.80. The number of aliphatic hydroxyl groups excluding tert-OH is 1. The van der Waals surface area contributed by atoms with Crippen LogP contribution < -0.4 is 0 Å². The summed E-state index contributed by atoms with van der Waals surface area (Å²) in [5.41, 5.74) is -0.225. The van der Waals surface area contributed by atoms with Crippen molar-refractivity contribution >= 4 is 23.5 Å². The molecule has 2 atom stereocenters. The Kier molecular flexibility index (Phi) is 4.90. The third kappa shape index (κ3) is 4.81. The van der Waals surface area contributed by atoms with Crippen LogP contribution in [0.25, 0.3) is 0 Å². The Morgan fingerprint density at radius 3 is 2.00 bits per heavy atom. The van der Waals surface area contributed by atoms with Crippen molar-refractivity contribution in [1.82, 2.24) is 0 Å². The summed E-state index contributed by atoms with van der Waals surface area (Å²) in [6.07, 6.45) is 2.04. The highest BCUT2D eigenvalue weighted by atomic mass is 32.2. The van der Waals surface area contributed by atoms with E-state index in [2.05, 4.69) is 6.92 Å². The topological polar surface area (TPSA) is 20.2 Å². The molecule has 0 aliphatic rings. The zero-order valence-corrected chi connectivity index (χ0v) is 7.05. The van der Waals surface area contributed by atoms with Gasteiger partial charge in [-0.05, 0) is 20.1 Å². The van der Waals surface area contributed by atoms with Crippen LogP contribution in [0.5, 0.6) is 0 Å². The van der Waals surface area contributed by atoms with Gasteiger partial charge in [-0.15, -0.1) is 11.8 Å². The van der Waals surface area contributed by atoms with Crippen LogP contribution >= 0.6 is 23.5 Å². The van der Waals surface area contributed by atoms with Gasteiger partial charge in [-0.25, -0.2) is 0 Å². The maximum atomic E-state index is 8.80. The summed E-state index contributed by atoms with van der Waals surface area (Å²) in [7, 11) is 0. The molecular weight excluding hydrogens is 140 g/mol. The normalized spacial score (nSPS) is 18.0. The molecule has 0 rings (SSSR count). The lowest BCUT2D eigenvalue weighted by atomic mass is 10.9. The Balaban J connectivity index is 3.10. The minimum Gasteiger partial charge on any atom is -0.383 e. The zero-order chi connectivity index (χ0) is 6.57. The van der Waals surface area contributed by atoms with Gasteiger partial charge in [-0.3, -0.25) is 0 Å². The summed E-state index contributed by atoms with van der Waals surface area (Å²) in [5.74, 6) is 0. The summed E-state index contributed by atoms with van der Waals surface area (Å²) < 4.78 is 0.509. The van der Waals surface area contributed by atoms with E-state index in [4.69, 9.17) is 5.11 Å². The summed E-state index contributed by atoms with van der Waals surface area (Å²) in [6, 6.07) is 0. The fourth-order valence-electron chi connectivity index (χ4n) is 0.333. The molecule has 0 aromatic heterocycles. The minimum atomic E-state index is -0.225. The monoisotopic (exact) mass is 152 g/mol. The largest absolute Gasteiger partial charge is 0.383 e. The second kappa shape index (κ2) is 4.53. The van der Waals surface area contributed by atoms with Gasteiger partial charge in [0, 0.05) is 4.58 Å². The Hall–Kier alpha value is 0.660. The van der Waals surface area contributed by atoms with Crippen molar-refractivity contribution in [3.8, 4) is 0 Å². The molecule has 0 bridgehead atoms. The van der Waals surface area contributed by atoms with Crippen molar-refractivity contribution in [2.45, 2.75) is 23.9 Å². The van der Waals surface area contributed by atoms with E-state index in [1.165, 1.54) is 0 Å². The van der Waals surface area contributed by atoms with E-state index < -0.39 is 0 Å².